The van der Waals surface area contributed by atoms with Crippen molar-refractivity contribution in [1.29, 1.82) is 0 Å². The molecule has 0 spiro atoms. The zero-order valence-electron chi connectivity index (χ0n) is 8.90. The molecule has 2 rings (SSSR count). The van der Waals surface area contributed by atoms with E-state index >= 15 is 0 Å². The number of sulfonamides is 1. The topological polar surface area (TPSA) is 96.4 Å². The molecule has 94 valence electrons. The second kappa shape index (κ2) is 4.75. The zero-order valence-corrected chi connectivity index (χ0v) is 10.5. The standard InChI is InChI=1S/C10H8N2O4S2/c13-10(14)7-4-9(17-6-7)18(15,16)12-8-2-1-3-11-5-8/h1-6,12H,(H,13,14). The number of nitrogens with one attached hydrogen (secondary N) is 1. The minimum atomic E-state index is -3.76. The van der Waals surface area contributed by atoms with Crippen LogP contribution in [-0.4, -0.2) is 24.5 Å². The maximum Gasteiger partial charge on any atom is 0.336 e. The van der Waals surface area contributed by atoms with Crippen molar-refractivity contribution >= 4 is 33.0 Å². The molecule has 0 saturated carbocycles. The molecule has 0 bridgehead atoms. The number of anilines is 1. The minimum Gasteiger partial charge on any atom is -0.478 e. The van der Waals surface area contributed by atoms with Crippen LogP contribution in [0.5, 0.6) is 0 Å². The molecular weight excluding hydrogens is 276 g/mol. The van der Waals surface area contributed by atoms with E-state index in [0.29, 0.717) is 5.69 Å². The molecule has 6 nitrogen and oxygen atoms in total. The highest BCUT2D eigenvalue weighted by molar-refractivity contribution is 7.94. The predicted octanol–water partition coefficient (Wildman–Crippen LogP) is 1.64. The van der Waals surface area contributed by atoms with Gasteiger partial charge in [-0.2, -0.15) is 0 Å². The summed E-state index contributed by atoms with van der Waals surface area (Å²) in [5.41, 5.74) is 0.273. The van der Waals surface area contributed by atoms with Crippen molar-refractivity contribution in [3.05, 3.63) is 41.5 Å². The van der Waals surface area contributed by atoms with Crippen LogP contribution in [0.4, 0.5) is 5.69 Å². The van der Waals surface area contributed by atoms with Crippen LogP contribution in [0.1, 0.15) is 10.4 Å². The monoisotopic (exact) mass is 284 g/mol. The van der Waals surface area contributed by atoms with E-state index in [-0.39, 0.29) is 9.77 Å². The third-order valence-electron chi connectivity index (χ3n) is 2.00. The lowest BCUT2D eigenvalue weighted by atomic mass is 10.4. The minimum absolute atomic E-state index is 0.0495. The van der Waals surface area contributed by atoms with E-state index in [2.05, 4.69) is 9.71 Å². The van der Waals surface area contributed by atoms with E-state index in [4.69, 9.17) is 5.11 Å². The van der Waals surface area contributed by atoms with Crippen molar-refractivity contribution in [3.63, 3.8) is 0 Å². The molecule has 0 amide bonds. The lowest BCUT2D eigenvalue weighted by Crippen LogP contribution is -2.11. The Morgan fingerprint density at radius 3 is 2.78 bits per heavy atom. The summed E-state index contributed by atoms with van der Waals surface area (Å²) in [5, 5.41) is 10.0. The van der Waals surface area contributed by atoms with Gasteiger partial charge in [-0.15, -0.1) is 11.3 Å². The third kappa shape index (κ3) is 2.66. The van der Waals surface area contributed by atoms with Crippen LogP contribution >= 0.6 is 11.3 Å². The first-order valence-electron chi connectivity index (χ1n) is 4.74. The van der Waals surface area contributed by atoms with E-state index in [1.54, 1.807) is 12.1 Å². The largest absolute Gasteiger partial charge is 0.478 e. The van der Waals surface area contributed by atoms with Crippen molar-refractivity contribution in [2.45, 2.75) is 4.21 Å². The number of carbonyl (C=O) groups is 1. The number of carboxylic acids is 1. The second-order valence-corrected chi connectivity index (χ2v) is 6.13. The molecule has 0 radical (unpaired) electrons. The molecule has 8 heteroatoms. The highest BCUT2D eigenvalue weighted by atomic mass is 32.2. The van der Waals surface area contributed by atoms with Gasteiger partial charge in [-0.1, -0.05) is 0 Å². The number of pyridine rings is 1. The van der Waals surface area contributed by atoms with Gasteiger partial charge < -0.3 is 5.11 Å². The number of carboxylic acid groups (broad SMARTS) is 1. The second-order valence-electron chi connectivity index (χ2n) is 3.31. The van der Waals surface area contributed by atoms with E-state index in [1.807, 2.05) is 0 Å². The number of aromatic nitrogens is 1. The normalized spacial score (nSPS) is 11.1. The average Bonchev–Trinajstić information content (AvgIpc) is 2.79. The molecule has 2 heterocycles. The Kier molecular flexibility index (Phi) is 3.30. The number of hydrogen-bond acceptors (Lipinski definition) is 5. The Morgan fingerprint density at radius 1 is 1.44 bits per heavy atom. The van der Waals surface area contributed by atoms with Crippen molar-refractivity contribution in [1.82, 2.24) is 4.98 Å². The molecule has 0 aliphatic heterocycles. The molecule has 0 unspecified atom stereocenters. The predicted molar refractivity (Wildman–Crippen MR) is 66.3 cm³/mol. The summed E-state index contributed by atoms with van der Waals surface area (Å²) in [6.45, 7) is 0. The molecule has 2 N–H and O–H groups in total. The fraction of sp³-hybridized carbons (Fsp3) is 0. The van der Waals surface area contributed by atoms with Gasteiger partial charge in [0.1, 0.15) is 4.21 Å². The number of thiophene rings is 1. The average molecular weight is 284 g/mol. The molecule has 2 aromatic rings. The van der Waals surface area contributed by atoms with E-state index in [0.717, 1.165) is 17.4 Å². The maximum absolute atomic E-state index is 11.9. The van der Waals surface area contributed by atoms with Gasteiger partial charge in [-0.05, 0) is 18.2 Å². The summed E-state index contributed by atoms with van der Waals surface area (Å²) >= 11 is 0.852. The molecular formula is C10H8N2O4S2. The summed E-state index contributed by atoms with van der Waals surface area (Å²) < 4.78 is 26.1. The van der Waals surface area contributed by atoms with Crippen LogP contribution in [0.3, 0.4) is 0 Å². The van der Waals surface area contributed by atoms with Gasteiger partial charge in [0.05, 0.1) is 17.4 Å². The van der Waals surface area contributed by atoms with Gasteiger partial charge in [-0.3, -0.25) is 9.71 Å². The Balaban J connectivity index is 2.28. The van der Waals surface area contributed by atoms with Gasteiger partial charge in [0.2, 0.25) is 0 Å². The highest BCUT2D eigenvalue weighted by Gasteiger charge is 2.18. The molecule has 0 saturated heterocycles. The molecule has 2 aromatic heterocycles. The van der Waals surface area contributed by atoms with Crippen LogP contribution < -0.4 is 4.72 Å². The maximum atomic E-state index is 11.9. The number of aromatic carboxylic acids is 1. The Morgan fingerprint density at radius 2 is 2.22 bits per heavy atom. The molecule has 0 atom stereocenters. The van der Waals surface area contributed by atoms with E-state index in [9.17, 15) is 13.2 Å². The Hall–Kier alpha value is -1.93. The van der Waals surface area contributed by atoms with Crippen molar-refractivity contribution in [3.8, 4) is 0 Å². The molecule has 0 aliphatic rings. The molecule has 0 aromatic carbocycles. The first-order valence-corrected chi connectivity index (χ1v) is 7.10. The summed E-state index contributed by atoms with van der Waals surface area (Å²) in [7, 11) is -3.76. The Labute approximate surface area is 107 Å². The molecule has 0 fully saturated rings. The van der Waals surface area contributed by atoms with Gasteiger partial charge in [0.25, 0.3) is 10.0 Å². The quantitative estimate of drug-likeness (QED) is 0.889. The molecule has 18 heavy (non-hydrogen) atoms. The number of rotatable bonds is 4. The van der Waals surface area contributed by atoms with Gasteiger partial charge in [0, 0.05) is 11.6 Å². The van der Waals surface area contributed by atoms with Gasteiger partial charge in [-0.25, -0.2) is 13.2 Å². The summed E-state index contributed by atoms with van der Waals surface area (Å²) in [5.74, 6) is -1.16. The zero-order chi connectivity index (χ0) is 13.2. The van der Waals surface area contributed by atoms with Crippen LogP contribution in [0.25, 0.3) is 0 Å². The third-order valence-corrected chi connectivity index (χ3v) is 4.82. The smallest absolute Gasteiger partial charge is 0.336 e. The molecule has 0 aliphatic carbocycles. The highest BCUT2D eigenvalue weighted by Crippen LogP contribution is 2.22. The number of hydrogen-bond donors (Lipinski definition) is 2. The first-order chi connectivity index (χ1) is 8.49. The van der Waals surface area contributed by atoms with Crippen LogP contribution in [-0.2, 0) is 10.0 Å². The van der Waals surface area contributed by atoms with Crippen molar-refractivity contribution in [2.24, 2.45) is 0 Å². The Bertz CT molecular complexity index is 664. The summed E-state index contributed by atoms with van der Waals surface area (Å²) in [4.78, 5) is 14.5. The van der Waals surface area contributed by atoms with Crippen LogP contribution in [0, 0.1) is 0 Å². The summed E-state index contributed by atoms with van der Waals surface area (Å²) in [6, 6.07) is 4.26. The number of nitrogens with zero attached hydrogens (tertiary/aromatic N) is 1. The lowest BCUT2D eigenvalue weighted by Gasteiger charge is -2.04. The van der Waals surface area contributed by atoms with Crippen LogP contribution in [0.15, 0.2) is 40.2 Å². The van der Waals surface area contributed by atoms with Gasteiger partial charge in [0.15, 0.2) is 0 Å². The van der Waals surface area contributed by atoms with Crippen molar-refractivity contribution < 1.29 is 18.3 Å². The van der Waals surface area contributed by atoms with Crippen LogP contribution in [0.2, 0.25) is 0 Å². The summed E-state index contributed by atoms with van der Waals surface area (Å²) in [6.07, 6.45) is 2.88. The SMILES string of the molecule is O=C(O)c1csc(S(=O)(=O)Nc2cccnc2)c1. The fourth-order valence-corrected chi connectivity index (χ4v) is 3.40. The van der Waals surface area contributed by atoms with E-state index in [1.165, 1.54) is 17.8 Å². The first kappa shape index (κ1) is 12.5. The van der Waals surface area contributed by atoms with Crippen molar-refractivity contribution in [2.75, 3.05) is 4.72 Å². The van der Waals surface area contributed by atoms with Gasteiger partial charge >= 0.3 is 5.97 Å². The lowest BCUT2D eigenvalue weighted by molar-refractivity contribution is 0.0697. The van der Waals surface area contributed by atoms with E-state index < -0.39 is 16.0 Å². The fourth-order valence-electron chi connectivity index (χ4n) is 1.20.